The standard InChI is InChI=1S/C14H10F4N2O2/c1-20(2)10-4-3-7(6-19-10)14(21)22-13-11(17)8(15)5-9(16)12(13)18/h3-6H,1-2H3. The molecule has 0 amide bonds. The Labute approximate surface area is 123 Å². The fraction of sp³-hybridized carbons (Fsp3) is 0.143. The minimum Gasteiger partial charge on any atom is -0.416 e. The molecule has 0 saturated heterocycles. The first kappa shape index (κ1) is 15.7. The van der Waals surface area contributed by atoms with Gasteiger partial charge in [-0.15, -0.1) is 0 Å². The number of ether oxygens (including phenoxy) is 1. The molecule has 2 rings (SSSR count). The maximum Gasteiger partial charge on any atom is 0.345 e. The monoisotopic (exact) mass is 314 g/mol. The molecule has 0 aliphatic rings. The molecule has 4 nitrogen and oxygen atoms in total. The van der Waals surface area contributed by atoms with E-state index in [1.807, 2.05) is 0 Å². The van der Waals surface area contributed by atoms with Crippen molar-refractivity contribution in [3.05, 3.63) is 53.2 Å². The zero-order valence-electron chi connectivity index (χ0n) is 11.5. The van der Waals surface area contributed by atoms with Gasteiger partial charge in [-0.2, -0.15) is 8.78 Å². The predicted octanol–water partition coefficient (Wildman–Crippen LogP) is 2.92. The molecule has 0 radical (unpaired) electrons. The van der Waals surface area contributed by atoms with E-state index in [4.69, 9.17) is 0 Å². The average Bonchev–Trinajstić information content (AvgIpc) is 2.49. The second-order valence-corrected chi connectivity index (χ2v) is 4.49. The average molecular weight is 314 g/mol. The normalized spacial score (nSPS) is 10.5. The van der Waals surface area contributed by atoms with Gasteiger partial charge in [-0.1, -0.05) is 0 Å². The summed E-state index contributed by atoms with van der Waals surface area (Å²) in [5.74, 6) is -8.99. The number of carbonyl (C=O) groups is 1. The van der Waals surface area contributed by atoms with Crippen LogP contribution >= 0.6 is 0 Å². The number of hydrogen-bond donors (Lipinski definition) is 0. The van der Waals surface area contributed by atoms with E-state index in [1.54, 1.807) is 19.0 Å². The Morgan fingerprint density at radius 1 is 1.09 bits per heavy atom. The summed E-state index contributed by atoms with van der Waals surface area (Å²) in [6, 6.07) is 2.79. The first-order valence-electron chi connectivity index (χ1n) is 5.99. The third-order valence-electron chi connectivity index (χ3n) is 2.71. The van der Waals surface area contributed by atoms with Crippen LogP contribution in [0.15, 0.2) is 24.4 Å². The smallest absolute Gasteiger partial charge is 0.345 e. The Balaban J connectivity index is 2.29. The van der Waals surface area contributed by atoms with Crippen molar-refractivity contribution in [1.29, 1.82) is 0 Å². The molecule has 1 heterocycles. The van der Waals surface area contributed by atoms with Gasteiger partial charge in [0.2, 0.25) is 17.4 Å². The van der Waals surface area contributed by atoms with Crippen LogP contribution in [0.25, 0.3) is 0 Å². The van der Waals surface area contributed by atoms with Gasteiger partial charge in [-0.25, -0.2) is 18.6 Å². The molecule has 8 heteroatoms. The second-order valence-electron chi connectivity index (χ2n) is 4.49. The molecular weight excluding hydrogens is 304 g/mol. The van der Waals surface area contributed by atoms with E-state index in [-0.39, 0.29) is 11.6 Å². The first-order chi connectivity index (χ1) is 10.3. The molecule has 0 fully saturated rings. The van der Waals surface area contributed by atoms with Crippen LogP contribution in [0, 0.1) is 23.3 Å². The summed E-state index contributed by atoms with van der Waals surface area (Å²) in [6.07, 6.45) is 1.11. The molecule has 0 aliphatic carbocycles. The van der Waals surface area contributed by atoms with Crippen molar-refractivity contribution in [3.8, 4) is 5.75 Å². The van der Waals surface area contributed by atoms with Crippen LogP contribution in [0.4, 0.5) is 23.4 Å². The van der Waals surface area contributed by atoms with Crippen LogP contribution in [-0.4, -0.2) is 25.0 Å². The molecule has 22 heavy (non-hydrogen) atoms. The van der Waals surface area contributed by atoms with Gasteiger partial charge in [0, 0.05) is 26.4 Å². The van der Waals surface area contributed by atoms with Gasteiger partial charge in [-0.3, -0.25) is 0 Å². The van der Waals surface area contributed by atoms with Gasteiger partial charge in [0.1, 0.15) is 5.82 Å². The Morgan fingerprint density at radius 2 is 1.68 bits per heavy atom. The zero-order chi connectivity index (χ0) is 16.4. The Hall–Kier alpha value is -2.64. The summed E-state index contributed by atoms with van der Waals surface area (Å²) in [5, 5.41) is 0. The van der Waals surface area contributed by atoms with Gasteiger partial charge in [0.15, 0.2) is 11.6 Å². The number of anilines is 1. The van der Waals surface area contributed by atoms with E-state index in [0.29, 0.717) is 5.82 Å². The van der Waals surface area contributed by atoms with Crippen LogP contribution < -0.4 is 9.64 Å². The lowest BCUT2D eigenvalue weighted by molar-refractivity contribution is 0.0717. The molecule has 0 aliphatic heterocycles. The number of halogens is 4. The van der Waals surface area contributed by atoms with Gasteiger partial charge in [0.05, 0.1) is 5.56 Å². The van der Waals surface area contributed by atoms with Crippen molar-refractivity contribution in [3.63, 3.8) is 0 Å². The molecule has 1 aromatic heterocycles. The van der Waals surface area contributed by atoms with E-state index in [0.717, 1.165) is 6.20 Å². The van der Waals surface area contributed by atoms with Crippen molar-refractivity contribution < 1.29 is 27.1 Å². The summed E-state index contributed by atoms with van der Waals surface area (Å²) in [5.41, 5.74) is -0.130. The maximum absolute atomic E-state index is 13.4. The van der Waals surface area contributed by atoms with Gasteiger partial charge in [0.25, 0.3) is 0 Å². The van der Waals surface area contributed by atoms with E-state index in [9.17, 15) is 22.4 Å². The Bertz CT molecular complexity index is 692. The number of aromatic nitrogens is 1. The molecule has 0 N–H and O–H groups in total. The van der Waals surface area contributed by atoms with Gasteiger partial charge in [-0.05, 0) is 12.1 Å². The van der Waals surface area contributed by atoms with E-state index in [1.165, 1.54) is 12.1 Å². The molecule has 0 saturated carbocycles. The number of benzene rings is 1. The second kappa shape index (κ2) is 6.00. The van der Waals surface area contributed by atoms with Crippen molar-refractivity contribution in [2.45, 2.75) is 0 Å². The summed E-state index contributed by atoms with van der Waals surface area (Å²) >= 11 is 0. The molecule has 116 valence electrons. The van der Waals surface area contributed by atoms with Gasteiger partial charge >= 0.3 is 5.97 Å². The number of pyridine rings is 1. The fourth-order valence-corrected chi connectivity index (χ4v) is 1.56. The molecule has 0 unspecified atom stereocenters. The lowest BCUT2D eigenvalue weighted by Gasteiger charge is -2.11. The zero-order valence-corrected chi connectivity index (χ0v) is 11.5. The minimum absolute atomic E-state index is 0.0232. The highest BCUT2D eigenvalue weighted by Crippen LogP contribution is 2.27. The van der Waals surface area contributed by atoms with Crippen LogP contribution in [0.5, 0.6) is 5.75 Å². The number of nitrogens with zero attached hydrogens (tertiary/aromatic N) is 2. The van der Waals surface area contributed by atoms with Crippen molar-refractivity contribution in [1.82, 2.24) is 4.98 Å². The van der Waals surface area contributed by atoms with E-state index in [2.05, 4.69) is 9.72 Å². The summed E-state index contributed by atoms with van der Waals surface area (Å²) in [7, 11) is 3.45. The summed E-state index contributed by atoms with van der Waals surface area (Å²) in [4.78, 5) is 17.3. The number of esters is 1. The molecule has 2 aromatic rings. The number of hydrogen-bond acceptors (Lipinski definition) is 4. The molecule has 0 bridgehead atoms. The largest absolute Gasteiger partial charge is 0.416 e. The molecular formula is C14H10F4N2O2. The minimum atomic E-state index is -1.79. The quantitative estimate of drug-likeness (QED) is 0.378. The van der Waals surface area contributed by atoms with Gasteiger partial charge < -0.3 is 9.64 Å². The number of rotatable bonds is 3. The van der Waals surface area contributed by atoms with Crippen LogP contribution in [0.2, 0.25) is 0 Å². The highest BCUT2D eigenvalue weighted by Gasteiger charge is 2.23. The lowest BCUT2D eigenvalue weighted by atomic mass is 10.2. The third-order valence-corrected chi connectivity index (χ3v) is 2.71. The van der Waals surface area contributed by atoms with E-state index >= 15 is 0 Å². The summed E-state index contributed by atoms with van der Waals surface area (Å²) in [6.45, 7) is 0. The SMILES string of the molecule is CN(C)c1ccc(C(=O)Oc2c(F)c(F)cc(F)c2F)cn1. The van der Waals surface area contributed by atoms with Crippen molar-refractivity contribution in [2.75, 3.05) is 19.0 Å². The Kier molecular flexibility index (Phi) is 4.30. The molecule has 1 aromatic carbocycles. The fourth-order valence-electron chi connectivity index (χ4n) is 1.56. The van der Waals surface area contributed by atoms with Crippen molar-refractivity contribution >= 4 is 11.8 Å². The van der Waals surface area contributed by atoms with Crippen molar-refractivity contribution in [2.24, 2.45) is 0 Å². The molecule has 0 spiro atoms. The van der Waals surface area contributed by atoms with Crippen LogP contribution in [0.3, 0.4) is 0 Å². The first-order valence-corrected chi connectivity index (χ1v) is 5.99. The third kappa shape index (κ3) is 3.00. The Morgan fingerprint density at radius 3 is 2.14 bits per heavy atom. The van der Waals surface area contributed by atoms with E-state index < -0.39 is 35.0 Å². The highest BCUT2D eigenvalue weighted by atomic mass is 19.2. The summed E-state index contributed by atoms with van der Waals surface area (Å²) < 4.78 is 57.3. The lowest BCUT2D eigenvalue weighted by Crippen LogP contribution is -2.14. The predicted molar refractivity (Wildman–Crippen MR) is 69.8 cm³/mol. The number of carbonyl (C=O) groups excluding carboxylic acids is 1. The maximum atomic E-state index is 13.4. The van der Waals surface area contributed by atoms with Crippen LogP contribution in [-0.2, 0) is 0 Å². The topological polar surface area (TPSA) is 42.4 Å². The highest BCUT2D eigenvalue weighted by molar-refractivity contribution is 5.91. The molecule has 0 atom stereocenters. The van der Waals surface area contributed by atoms with Crippen LogP contribution in [0.1, 0.15) is 10.4 Å².